The summed E-state index contributed by atoms with van der Waals surface area (Å²) in [5, 5.41) is 16.1. The first-order valence-electron chi connectivity index (χ1n) is 14.9. The van der Waals surface area contributed by atoms with Crippen LogP contribution in [0.15, 0.2) is 36.5 Å². The standard InChI is InChI=1S/C33H33FN6O2/c1-2-20-4-3-5-21-14-24(41)15-25(27(20)21)29-28(34)30-26(16-35-29)31(40-17-22-6-7-23(18-40)36-22)38-32(37-30)42-19-33-8-11-39(12-9-33)13-10-33/h1,3-5,14-16,22-23,36,41H,6-13,17-19H2. The van der Waals surface area contributed by atoms with E-state index in [2.05, 4.69) is 31.0 Å². The molecule has 9 heteroatoms. The van der Waals surface area contributed by atoms with E-state index < -0.39 is 5.82 Å². The van der Waals surface area contributed by atoms with Crippen molar-refractivity contribution in [2.24, 2.45) is 5.41 Å². The number of benzene rings is 2. The van der Waals surface area contributed by atoms with Gasteiger partial charge in [0.05, 0.1) is 12.0 Å². The summed E-state index contributed by atoms with van der Waals surface area (Å²) in [6.07, 6.45) is 13.0. The van der Waals surface area contributed by atoms with E-state index >= 15 is 4.39 Å². The lowest BCUT2D eigenvalue weighted by atomic mass is 9.73. The molecule has 8 nitrogen and oxygen atoms in total. The third kappa shape index (κ3) is 4.24. The van der Waals surface area contributed by atoms with Crippen molar-refractivity contribution >= 4 is 27.5 Å². The number of nitrogens with one attached hydrogen (secondary N) is 1. The first-order valence-corrected chi connectivity index (χ1v) is 14.9. The van der Waals surface area contributed by atoms with Gasteiger partial charge in [-0.25, -0.2) is 4.39 Å². The minimum absolute atomic E-state index is 0.00875. The number of halogens is 1. The molecule has 9 rings (SSSR count). The number of anilines is 1. The van der Waals surface area contributed by atoms with Crippen molar-refractivity contribution in [3.8, 4) is 35.4 Å². The Hall–Kier alpha value is -4.00. The summed E-state index contributed by atoms with van der Waals surface area (Å²) in [7, 11) is 0. The monoisotopic (exact) mass is 564 g/mol. The first kappa shape index (κ1) is 25.7. The van der Waals surface area contributed by atoms with Crippen LogP contribution in [-0.4, -0.2) is 76.4 Å². The highest BCUT2D eigenvalue weighted by Gasteiger charge is 2.40. The van der Waals surface area contributed by atoms with Gasteiger partial charge >= 0.3 is 6.01 Å². The molecule has 5 saturated heterocycles. The summed E-state index contributed by atoms with van der Waals surface area (Å²) in [5.74, 6) is 2.79. The van der Waals surface area contributed by atoms with Crippen molar-refractivity contribution in [1.29, 1.82) is 0 Å². The Bertz CT molecular complexity index is 1740. The maximum atomic E-state index is 16.7. The number of ether oxygens (including phenoxy) is 1. The molecule has 0 spiro atoms. The number of hydrogen-bond donors (Lipinski definition) is 2. The molecule has 2 atom stereocenters. The topological polar surface area (TPSA) is 86.6 Å². The van der Waals surface area contributed by atoms with Crippen LogP contribution in [0.1, 0.15) is 37.7 Å². The molecule has 2 unspecified atom stereocenters. The normalized spacial score (nSPS) is 26.6. The number of nitrogens with zero attached hydrogens (tertiary/aromatic N) is 5. The fourth-order valence-corrected chi connectivity index (χ4v) is 7.53. The third-order valence-corrected chi connectivity index (χ3v) is 9.91. The summed E-state index contributed by atoms with van der Waals surface area (Å²) in [6.45, 7) is 5.39. The highest BCUT2D eigenvalue weighted by Crippen LogP contribution is 2.41. The molecule has 0 aliphatic carbocycles. The van der Waals surface area contributed by atoms with E-state index in [4.69, 9.17) is 16.1 Å². The molecule has 4 aromatic rings. The number of phenols is 1. The van der Waals surface area contributed by atoms with Gasteiger partial charge in [-0.1, -0.05) is 18.1 Å². The summed E-state index contributed by atoms with van der Waals surface area (Å²) in [4.78, 5) is 18.9. The van der Waals surface area contributed by atoms with E-state index in [0.29, 0.717) is 51.8 Å². The predicted octanol–water partition coefficient (Wildman–Crippen LogP) is 4.48. The molecular weight excluding hydrogens is 531 g/mol. The Morgan fingerprint density at radius 1 is 1.10 bits per heavy atom. The van der Waals surface area contributed by atoms with Gasteiger partial charge in [0, 0.05) is 53.3 Å². The van der Waals surface area contributed by atoms with Gasteiger partial charge in [-0.2, -0.15) is 9.97 Å². The van der Waals surface area contributed by atoms with Crippen molar-refractivity contribution in [3.05, 3.63) is 47.9 Å². The Balaban J connectivity index is 1.26. The molecule has 5 aliphatic rings. The van der Waals surface area contributed by atoms with Gasteiger partial charge < -0.3 is 25.0 Å². The zero-order valence-electron chi connectivity index (χ0n) is 23.4. The van der Waals surface area contributed by atoms with Crippen molar-refractivity contribution in [2.75, 3.05) is 44.2 Å². The lowest BCUT2D eigenvalue weighted by molar-refractivity contribution is -0.00982. The number of fused-ring (bicyclic) bond motifs is 7. The van der Waals surface area contributed by atoms with E-state index in [1.807, 2.05) is 18.2 Å². The van der Waals surface area contributed by atoms with Crippen molar-refractivity contribution in [2.45, 2.75) is 44.2 Å². The Morgan fingerprint density at radius 3 is 2.60 bits per heavy atom. The number of hydrogen-bond acceptors (Lipinski definition) is 8. The number of terminal acetylenes is 1. The molecule has 2 aromatic heterocycles. The second-order valence-corrected chi connectivity index (χ2v) is 12.5. The van der Waals surface area contributed by atoms with E-state index in [-0.39, 0.29) is 28.4 Å². The van der Waals surface area contributed by atoms with Gasteiger partial charge in [0.1, 0.15) is 22.8 Å². The molecule has 2 aromatic carbocycles. The van der Waals surface area contributed by atoms with Gasteiger partial charge in [0.25, 0.3) is 0 Å². The summed E-state index contributed by atoms with van der Waals surface area (Å²) < 4.78 is 23.1. The highest BCUT2D eigenvalue weighted by atomic mass is 19.1. The fourth-order valence-electron chi connectivity index (χ4n) is 7.53. The average Bonchev–Trinajstić information content (AvgIpc) is 3.37. The highest BCUT2D eigenvalue weighted by molar-refractivity contribution is 6.02. The predicted molar refractivity (Wildman–Crippen MR) is 160 cm³/mol. The molecule has 7 heterocycles. The third-order valence-electron chi connectivity index (χ3n) is 9.91. The van der Waals surface area contributed by atoms with Crippen LogP contribution in [-0.2, 0) is 0 Å². The minimum atomic E-state index is -0.582. The molecule has 0 saturated carbocycles. The van der Waals surface area contributed by atoms with E-state index in [1.54, 1.807) is 12.3 Å². The molecule has 42 heavy (non-hydrogen) atoms. The van der Waals surface area contributed by atoms with Gasteiger partial charge in [-0.15, -0.1) is 6.42 Å². The number of aromatic hydroxyl groups is 1. The molecule has 214 valence electrons. The van der Waals surface area contributed by atoms with E-state index in [0.717, 1.165) is 64.8 Å². The van der Waals surface area contributed by atoms with Crippen LogP contribution in [0.3, 0.4) is 0 Å². The van der Waals surface area contributed by atoms with Crippen molar-refractivity contribution in [3.63, 3.8) is 0 Å². The zero-order valence-corrected chi connectivity index (χ0v) is 23.4. The lowest BCUT2D eigenvalue weighted by Crippen LogP contribution is -2.51. The average molecular weight is 565 g/mol. The number of piperidine rings is 3. The van der Waals surface area contributed by atoms with Crippen molar-refractivity contribution < 1.29 is 14.2 Å². The maximum absolute atomic E-state index is 16.7. The largest absolute Gasteiger partial charge is 0.508 e. The first-order chi connectivity index (χ1) is 20.5. The summed E-state index contributed by atoms with van der Waals surface area (Å²) >= 11 is 0. The number of piperazine rings is 1. The quantitative estimate of drug-likeness (QED) is 0.344. The molecule has 2 N–H and O–H groups in total. The lowest BCUT2D eigenvalue weighted by Gasteiger charge is -2.47. The number of aromatic nitrogens is 3. The molecule has 0 radical (unpaired) electrons. The van der Waals surface area contributed by atoms with Gasteiger partial charge in [0.2, 0.25) is 0 Å². The minimum Gasteiger partial charge on any atom is -0.508 e. The number of rotatable bonds is 5. The van der Waals surface area contributed by atoms with Crippen LogP contribution in [0.5, 0.6) is 11.8 Å². The molecule has 5 fully saturated rings. The van der Waals surface area contributed by atoms with Crippen LogP contribution in [0.2, 0.25) is 0 Å². The maximum Gasteiger partial charge on any atom is 0.319 e. The van der Waals surface area contributed by atoms with Crippen LogP contribution in [0, 0.1) is 23.6 Å². The molecule has 0 amide bonds. The van der Waals surface area contributed by atoms with Crippen LogP contribution in [0.4, 0.5) is 10.2 Å². The smallest absolute Gasteiger partial charge is 0.319 e. The van der Waals surface area contributed by atoms with E-state index in [1.165, 1.54) is 6.07 Å². The molecule has 4 bridgehead atoms. The molecular formula is C33H33FN6O2. The second kappa shape index (κ2) is 9.79. The second-order valence-electron chi connectivity index (χ2n) is 12.5. The zero-order chi connectivity index (χ0) is 28.4. The fraction of sp³-hybridized carbons (Fsp3) is 0.424. The van der Waals surface area contributed by atoms with Crippen LogP contribution in [0.25, 0.3) is 32.9 Å². The van der Waals surface area contributed by atoms with Crippen LogP contribution < -0.4 is 15.0 Å². The SMILES string of the molecule is C#Cc1cccc2cc(O)cc(-c3ncc4c(N5CC6CCC(C5)N6)nc(OCC56CCN(CC5)CC6)nc4c3F)c12. The summed E-state index contributed by atoms with van der Waals surface area (Å²) in [6, 6.07) is 9.57. The number of pyridine rings is 1. The van der Waals surface area contributed by atoms with Gasteiger partial charge in [-0.3, -0.25) is 4.98 Å². The Labute approximate surface area is 243 Å². The van der Waals surface area contributed by atoms with Crippen LogP contribution >= 0.6 is 0 Å². The molecule has 5 aliphatic heterocycles. The summed E-state index contributed by atoms with van der Waals surface area (Å²) in [5.41, 5.74) is 1.39. The Kier molecular flexibility index (Phi) is 5.99. The van der Waals surface area contributed by atoms with Gasteiger partial charge in [0.15, 0.2) is 5.82 Å². The Morgan fingerprint density at radius 2 is 1.86 bits per heavy atom. The van der Waals surface area contributed by atoms with Gasteiger partial charge in [-0.05, 0) is 75.3 Å². The van der Waals surface area contributed by atoms with E-state index in [9.17, 15) is 5.11 Å². The number of phenolic OH excluding ortho intramolecular Hbond substituents is 1. The van der Waals surface area contributed by atoms with Crippen molar-refractivity contribution in [1.82, 2.24) is 25.2 Å².